The average molecular weight is 258 g/mol. The Labute approximate surface area is 106 Å². The number of benzene rings is 1. The van der Waals surface area contributed by atoms with Crippen LogP contribution < -0.4 is 5.32 Å². The Morgan fingerprint density at radius 1 is 1.53 bits per heavy atom. The number of aliphatic hydroxyl groups is 1. The first kappa shape index (κ1) is 14.0. The van der Waals surface area contributed by atoms with E-state index in [1.54, 1.807) is 31.2 Å². The molecule has 0 radical (unpaired) electrons. The summed E-state index contributed by atoms with van der Waals surface area (Å²) in [6, 6.07) is 6.75. The molecule has 1 rings (SSSR count). The normalized spacial score (nSPS) is 14.1. The summed E-state index contributed by atoms with van der Waals surface area (Å²) in [4.78, 5) is 11.8. The molecule has 0 heterocycles. The molecule has 0 aliphatic carbocycles. The van der Waals surface area contributed by atoms with E-state index in [-0.39, 0.29) is 19.1 Å². The van der Waals surface area contributed by atoms with Crippen LogP contribution in [0.25, 0.3) is 0 Å². The fraction of sp³-hybridized carbons (Fsp3) is 0.417. The first-order chi connectivity index (χ1) is 7.96. The minimum Gasteiger partial charge on any atom is -0.386 e. The first-order valence-corrected chi connectivity index (χ1v) is 5.58. The van der Waals surface area contributed by atoms with E-state index < -0.39 is 5.60 Å². The van der Waals surface area contributed by atoms with E-state index in [0.717, 1.165) is 0 Å². The molecule has 0 aromatic heterocycles. The maximum absolute atomic E-state index is 11.8. The average Bonchev–Trinajstić information content (AvgIpc) is 2.27. The molecule has 5 heteroatoms. The topological polar surface area (TPSA) is 58.6 Å². The van der Waals surface area contributed by atoms with Crippen LogP contribution in [0.15, 0.2) is 24.3 Å². The lowest BCUT2D eigenvalue weighted by atomic mass is 10.1. The van der Waals surface area contributed by atoms with Crippen molar-refractivity contribution in [1.82, 2.24) is 5.32 Å². The van der Waals surface area contributed by atoms with Crippen molar-refractivity contribution in [3.05, 3.63) is 34.9 Å². The van der Waals surface area contributed by atoms with E-state index in [1.807, 2.05) is 0 Å². The van der Waals surface area contributed by atoms with Crippen LogP contribution in [0, 0.1) is 0 Å². The third-order valence-corrected chi connectivity index (χ3v) is 2.53. The summed E-state index contributed by atoms with van der Waals surface area (Å²) in [6.07, 6.45) is 0. The lowest BCUT2D eigenvalue weighted by Gasteiger charge is -2.22. The van der Waals surface area contributed by atoms with Crippen molar-refractivity contribution in [3.8, 4) is 0 Å². The molecule has 0 bridgehead atoms. The largest absolute Gasteiger partial charge is 0.386 e. The number of methoxy groups -OCH3 is 1. The lowest BCUT2D eigenvalue weighted by molar-refractivity contribution is -0.0147. The lowest BCUT2D eigenvalue weighted by Crippen LogP contribution is -2.43. The van der Waals surface area contributed by atoms with E-state index in [4.69, 9.17) is 16.3 Å². The number of hydrogen-bond acceptors (Lipinski definition) is 3. The Bertz CT molecular complexity index is 393. The molecule has 17 heavy (non-hydrogen) atoms. The first-order valence-electron chi connectivity index (χ1n) is 5.20. The van der Waals surface area contributed by atoms with Gasteiger partial charge >= 0.3 is 0 Å². The van der Waals surface area contributed by atoms with Crippen molar-refractivity contribution in [1.29, 1.82) is 0 Å². The van der Waals surface area contributed by atoms with Gasteiger partial charge in [0.15, 0.2) is 0 Å². The summed E-state index contributed by atoms with van der Waals surface area (Å²) < 4.78 is 4.84. The zero-order chi connectivity index (χ0) is 12.9. The summed E-state index contributed by atoms with van der Waals surface area (Å²) in [5.74, 6) is -0.313. The Hall–Kier alpha value is -1.10. The number of hydrogen-bond donors (Lipinski definition) is 2. The van der Waals surface area contributed by atoms with Crippen molar-refractivity contribution < 1.29 is 14.6 Å². The molecular weight excluding hydrogens is 242 g/mol. The highest BCUT2D eigenvalue weighted by Crippen LogP contribution is 2.14. The third-order valence-electron chi connectivity index (χ3n) is 2.20. The quantitative estimate of drug-likeness (QED) is 0.840. The molecule has 0 aliphatic heterocycles. The van der Waals surface area contributed by atoms with E-state index in [1.165, 1.54) is 7.11 Å². The van der Waals surface area contributed by atoms with E-state index >= 15 is 0 Å². The number of amides is 1. The standard InChI is InChI=1S/C12H16ClNO3/c1-12(16,8-17-2)7-14-11(15)9-5-3-4-6-10(9)13/h3-6,16H,7-8H2,1-2H3,(H,14,15). The highest BCUT2D eigenvalue weighted by Gasteiger charge is 2.21. The van der Waals surface area contributed by atoms with Gasteiger partial charge < -0.3 is 15.2 Å². The van der Waals surface area contributed by atoms with Crippen LogP contribution in [0.2, 0.25) is 5.02 Å². The maximum atomic E-state index is 11.8. The molecule has 1 aromatic carbocycles. The second kappa shape index (κ2) is 6.00. The van der Waals surface area contributed by atoms with Gasteiger partial charge in [0.05, 0.1) is 17.2 Å². The predicted octanol–water partition coefficient (Wildman–Crippen LogP) is 1.47. The fourth-order valence-electron chi connectivity index (χ4n) is 1.37. The van der Waals surface area contributed by atoms with E-state index in [0.29, 0.717) is 10.6 Å². The Morgan fingerprint density at radius 3 is 2.76 bits per heavy atom. The van der Waals surface area contributed by atoms with Crippen LogP contribution in [-0.2, 0) is 4.74 Å². The Morgan fingerprint density at radius 2 is 2.18 bits per heavy atom. The Kier molecular flexibility index (Phi) is 4.93. The predicted molar refractivity (Wildman–Crippen MR) is 66.3 cm³/mol. The molecule has 0 fully saturated rings. The molecule has 2 N–H and O–H groups in total. The zero-order valence-corrected chi connectivity index (χ0v) is 10.6. The van der Waals surface area contributed by atoms with Crippen molar-refractivity contribution in [2.24, 2.45) is 0 Å². The van der Waals surface area contributed by atoms with Gasteiger partial charge in [0.25, 0.3) is 5.91 Å². The summed E-state index contributed by atoms with van der Waals surface area (Å²) in [5, 5.41) is 12.8. The monoisotopic (exact) mass is 257 g/mol. The number of rotatable bonds is 5. The second-order valence-electron chi connectivity index (χ2n) is 4.09. The van der Waals surface area contributed by atoms with Gasteiger partial charge in [-0.1, -0.05) is 23.7 Å². The molecule has 1 unspecified atom stereocenters. The van der Waals surface area contributed by atoms with Gasteiger partial charge in [-0.15, -0.1) is 0 Å². The third kappa shape index (κ3) is 4.34. The molecule has 0 saturated carbocycles. The van der Waals surface area contributed by atoms with Gasteiger partial charge in [0.2, 0.25) is 0 Å². The second-order valence-corrected chi connectivity index (χ2v) is 4.50. The highest BCUT2D eigenvalue weighted by molar-refractivity contribution is 6.33. The van der Waals surface area contributed by atoms with E-state index in [9.17, 15) is 9.90 Å². The van der Waals surface area contributed by atoms with Crippen LogP contribution >= 0.6 is 11.6 Å². The maximum Gasteiger partial charge on any atom is 0.252 e. The van der Waals surface area contributed by atoms with Gasteiger partial charge in [-0.25, -0.2) is 0 Å². The molecule has 0 spiro atoms. The number of carbonyl (C=O) groups excluding carboxylic acids is 1. The van der Waals surface area contributed by atoms with Crippen molar-refractivity contribution in [2.75, 3.05) is 20.3 Å². The summed E-state index contributed by atoms with van der Waals surface area (Å²) >= 11 is 5.88. The molecule has 0 saturated heterocycles. The number of ether oxygens (including phenoxy) is 1. The number of nitrogens with one attached hydrogen (secondary N) is 1. The number of carbonyl (C=O) groups is 1. The van der Waals surface area contributed by atoms with Gasteiger partial charge in [-0.05, 0) is 19.1 Å². The number of halogens is 1. The molecular formula is C12H16ClNO3. The summed E-state index contributed by atoms with van der Waals surface area (Å²) in [7, 11) is 1.49. The molecule has 1 amide bonds. The van der Waals surface area contributed by atoms with Crippen LogP contribution in [0.1, 0.15) is 17.3 Å². The van der Waals surface area contributed by atoms with Crippen LogP contribution in [-0.4, -0.2) is 36.9 Å². The Balaban J connectivity index is 2.59. The molecule has 94 valence electrons. The minimum absolute atomic E-state index is 0.102. The van der Waals surface area contributed by atoms with Crippen molar-refractivity contribution in [2.45, 2.75) is 12.5 Å². The van der Waals surface area contributed by atoms with Gasteiger partial charge in [-0.3, -0.25) is 4.79 Å². The molecule has 4 nitrogen and oxygen atoms in total. The SMILES string of the molecule is COCC(C)(O)CNC(=O)c1ccccc1Cl. The van der Waals surface area contributed by atoms with Crippen LogP contribution in [0.4, 0.5) is 0 Å². The summed E-state index contributed by atoms with van der Waals surface area (Å²) in [5.41, 5.74) is -0.701. The molecule has 0 aliphatic rings. The van der Waals surface area contributed by atoms with Crippen molar-refractivity contribution in [3.63, 3.8) is 0 Å². The highest BCUT2D eigenvalue weighted by atomic mass is 35.5. The van der Waals surface area contributed by atoms with E-state index in [2.05, 4.69) is 5.32 Å². The van der Waals surface area contributed by atoms with Crippen molar-refractivity contribution >= 4 is 17.5 Å². The van der Waals surface area contributed by atoms with Crippen LogP contribution in [0.3, 0.4) is 0 Å². The van der Waals surface area contributed by atoms with Gasteiger partial charge in [-0.2, -0.15) is 0 Å². The zero-order valence-electron chi connectivity index (χ0n) is 9.87. The van der Waals surface area contributed by atoms with Gasteiger partial charge in [0, 0.05) is 13.7 Å². The van der Waals surface area contributed by atoms with Crippen LogP contribution in [0.5, 0.6) is 0 Å². The smallest absolute Gasteiger partial charge is 0.252 e. The van der Waals surface area contributed by atoms with Gasteiger partial charge in [0.1, 0.15) is 5.60 Å². The summed E-state index contributed by atoms with van der Waals surface area (Å²) in [6.45, 7) is 1.84. The molecule has 1 aromatic rings. The fourth-order valence-corrected chi connectivity index (χ4v) is 1.59. The molecule has 1 atom stereocenters. The minimum atomic E-state index is -1.09.